The van der Waals surface area contributed by atoms with Gasteiger partial charge >= 0.3 is 0 Å². The van der Waals surface area contributed by atoms with Crippen molar-refractivity contribution in [2.75, 3.05) is 5.32 Å². The highest BCUT2D eigenvalue weighted by Crippen LogP contribution is 2.37. The van der Waals surface area contributed by atoms with Gasteiger partial charge in [-0.15, -0.1) is 10.2 Å². The third kappa shape index (κ3) is 3.16. The first-order valence-electron chi connectivity index (χ1n) is 7.73. The fourth-order valence-corrected chi connectivity index (χ4v) is 3.01. The maximum atomic E-state index is 12.2. The number of amides is 1. The number of benzene rings is 1. The summed E-state index contributed by atoms with van der Waals surface area (Å²) < 4.78 is 0. The van der Waals surface area contributed by atoms with Crippen LogP contribution in [0.5, 0.6) is 0 Å². The number of hydrogen-bond acceptors (Lipinski definition) is 6. The number of carbonyl (C=O) groups is 1. The second-order valence-corrected chi connectivity index (χ2v) is 6.81. The van der Waals surface area contributed by atoms with E-state index in [4.69, 9.17) is 0 Å². The maximum absolute atomic E-state index is 12.2. The average molecular weight is 337 g/mol. The van der Waals surface area contributed by atoms with Gasteiger partial charge < -0.3 is 0 Å². The van der Waals surface area contributed by atoms with Crippen molar-refractivity contribution in [3.63, 3.8) is 0 Å². The topological polar surface area (TPSA) is 80.7 Å². The second-order valence-electron chi connectivity index (χ2n) is 5.84. The number of rotatable bonds is 4. The predicted molar refractivity (Wildman–Crippen MR) is 92.0 cm³/mol. The van der Waals surface area contributed by atoms with E-state index in [0.717, 1.165) is 29.2 Å². The van der Waals surface area contributed by atoms with Crippen molar-refractivity contribution >= 4 is 22.4 Å². The molecule has 24 heavy (non-hydrogen) atoms. The summed E-state index contributed by atoms with van der Waals surface area (Å²) in [6, 6.07) is 8.03. The van der Waals surface area contributed by atoms with Crippen LogP contribution in [0.2, 0.25) is 0 Å². The first-order chi connectivity index (χ1) is 11.7. The molecule has 0 saturated heterocycles. The van der Waals surface area contributed by atoms with E-state index in [-0.39, 0.29) is 5.91 Å². The van der Waals surface area contributed by atoms with Crippen molar-refractivity contribution in [1.29, 1.82) is 0 Å². The van der Waals surface area contributed by atoms with Crippen molar-refractivity contribution in [1.82, 2.24) is 20.2 Å². The summed E-state index contributed by atoms with van der Waals surface area (Å²) in [7, 11) is 0. The molecular formula is C17H15N5OS. The summed E-state index contributed by atoms with van der Waals surface area (Å²) in [5, 5.41) is 12.1. The van der Waals surface area contributed by atoms with Gasteiger partial charge in [-0.05, 0) is 19.8 Å². The molecule has 0 unspecified atom stereocenters. The maximum Gasteiger partial charge on any atom is 0.260 e. The molecule has 120 valence electrons. The molecule has 0 atom stereocenters. The van der Waals surface area contributed by atoms with Crippen LogP contribution in [0.3, 0.4) is 0 Å². The molecule has 7 heteroatoms. The van der Waals surface area contributed by atoms with Crippen LogP contribution in [0.4, 0.5) is 5.13 Å². The molecule has 1 N–H and O–H groups in total. The molecule has 1 aromatic carbocycles. The quantitative estimate of drug-likeness (QED) is 0.789. The van der Waals surface area contributed by atoms with Crippen LogP contribution in [-0.4, -0.2) is 26.1 Å². The fraction of sp³-hybridized carbons (Fsp3) is 0.235. The van der Waals surface area contributed by atoms with Gasteiger partial charge in [-0.1, -0.05) is 41.2 Å². The average Bonchev–Trinajstić information content (AvgIpc) is 3.35. The van der Waals surface area contributed by atoms with Gasteiger partial charge in [0.05, 0.1) is 5.56 Å². The van der Waals surface area contributed by atoms with Crippen molar-refractivity contribution in [2.24, 2.45) is 0 Å². The zero-order chi connectivity index (χ0) is 16.5. The van der Waals surface area contributed by atoms with Gasteiger partial charge in [0, 0.05) is 23.9 Å². The van der Waals surface area contributed by atoms with Crippen molar-refractivity contribution < 1.29 is 4.79 Å². The van der Waals surface area contributed by atoms with Crippen LogP contribution < -0.4 is 5.32 Å². The van der Waals surface area contributed by atoms with E-state index in [1.54, 1.807) is 12.4 Å². The van der Waals surface area contributed by atoms with Crippen LogP contribution >= 0.6 is 11.3 Å². The molecule has 0 bridgehead atoms. The minimum Gasteiger partial charge on any atom is -0.296 e. The second kappa shape index (κ2) is 6.09. The van der Waals surface area contributed by atoms with Gasteiger partial charge in [-0.3, -0.25) is 10.1 Å². The normalized spacial score (nSPS) is 13.7. The first-order valence-corrected chi connectivity index (χ1v) is 8.54. The minimum atomic E-state index is -0.274. The highest BCUT2D eigenvalue weighted by atomic mass is 32.1. The third-order valence-electron chi connectivity index (χ3n) is 3.82. The first kappa shape index (κ1) is 14.9. The lowest BCUT2D eigenvalue weighted by molar-refractivity contribution is 0.102. The molecule has 2 heterocycles. The molecule has 6 nitrogen and oxygen atoms in total. The smallest absolute Gasteiger partial charge is 0.260 e. The van der Waals surface area contributed by atoms with Crippen molar-refractivity contribution in [3.05, 3.63) is 53.6 Å². The Balaban J connectivity index is 1.46. The predicted octanol–water partition coefficient (Wildman–Crippen LogP) is 3.43. The van der Waals surface area contributed by atoms with Gasteiger partial charge in [0.2, 0.25) is 5.13 Å². The van der Waals surface area contributed by atoms with Crippen LogP contribution in [0.25, 0.3) is 10.6 Å². The lowest BCUT2D eigenvalue weighted by Crippen LogP contribution is -2.13. The van der Waals surface area contributed by atoms with Crippen LogP contribution in [0, 0.1) is 6.92 Å². The molecular weight excluding hydrogens is 322 g/mol. The number of anilines is 1. The van der Waals surface area contributed by atoms with Crippen LogP contribution in [0.15, 0.2) is 36.7 Å². The van der Waals surface area contributed by atoms with E-state index < -0.39 is 0 Å². The Hall–Kier alpha value is -2.67. The lowest BCUT2D eigenvalue weighted by Gasteiger charge is -2.01. The Morgan fingerprint density at radius 1 is 1.12 bits per heavy atom. The number of aryl methyl sites for hydroxylation is 1. The van der Waals surface area contributed by atoms with Crippen molar-refractivity contribution in [3.8, 4) is 10.6 Å². The highest BCUT2D eigenvalue weighted by molar-refractivity contribution is 7.18. The third-order valence-corrected chi connectivity index (χ3v) is 4.71. The van der Waals surface area contributed by atoms with Gasteiger partial charge in [-0.2, -0.15) is 0 Å². The monoisotopic (exact) mass is 337 g/mol. The van der Waals surface area contributed by atoms with E-state index in [0.29, 0.717) is 16.6 Å². The standard InChI is InChI=1S/C17H15N5OS/c1-10-2-4-12(5-3-10)16-21-22-17(24-16)20-15(23)13-8-18-14(19-9-13)11-6-7-11/h2-5,8-9,11H,6-7H2,1H3,(H,20,22,23). The van der Waals surface area contributed by atoms with Crippen LogP contribution in [0.1, 0.15) is 40.5 Å². The largest absolute Gasteiger partial charge is 0.296 e. The molecule has 1 aliphatic rings. The Kier molecular flexibility index (Phi) is 3.78. The Labute approximate surface area is 143 Å². The summed E-state index contributed by atoms with van der Waals surface area (Å²) in [5.41, 5.74) is 2.59. The molecule has 4 rings (SSSR count). The van der Waals surface area contributed by atoms with Crippen LogP contribution in [-0.2, 0) is 0 Å². The van der Waals surface area contributed by atoms with E-state index >= 15 is 0 Å². The number of hydrogen-bond donors (Lipinski definition) is 1. The summed E-state index contributed by atoms with van der Waals surface area (Å²) in [5.74, 6) is 1.02. The molecule has 1 saturated carbocycles. The summed E-state index contributed by atoms with van der Waals surface area (Å²) in [6.45, 7) is 2.03. The number of carbonyl (C=O) groups excluding carboxylic acids is 1. The number of nitrogens with zero attached hydrogens (tertiary/aromatic N) is 4. The number of nitrogens with one attached hydrogen (secondary N) is 1. The molecule has 3 aromatic rings. The Morgan fingerprint density at radius 2 is 1.83 bits per heavy atom. The highest BCUT2D eigenvalue weighted by Gasteiger charge is 2.26. The zero-order valence-corrected chi connectivity index (χ0v) is 13.9. The minimum absolute atomic E-state index is 0.274. The zero-order valence-electron chi connectivity index (χ0n) is 13.1. The van der Waals surface area contributed by atoms with E-state index in [1.165, 1.54) is 16.9 Å². The summed E-state index contributed by atoms with van der Waals surface area (Å²) in [6.07, 6.45) is 5.41. The molecule has 0 spiro atoms. The SMILES string of the molecule is Cc1ccc(-c2nnc(NC(=O)c3cnc(C4CC4)nc3)s2)cc1. The van der Waals surface area contributed by atoms with Gasteiger partial charge in [-0.25, -0.2) is 9.97 Å². The van der Waals surface area contributed by atoms with E-state index in [2.05, 4.69) is 25.5 Å². The molecule has 0 aliphatic heterocycles. The Bertz CT molecular complexity index is 869. The van der Waals surface area contributed by atoms with Crippen molar-refractivity contribution in [2.45, 2.75) is 25.7 Å². The molecule has 1 aliphatic carbocycles. The molecule has 0 radical (unpaired) electrons. The molecule has 2 aromatic heterocycles. The van der Waals surface area contributed by atoms with E-state index in [1.807, 2.05) is 31.2 Å². The van der Waals surface area contributed by atoms with E-state index in [9.17, 15) is 4.79 Å². The molecule has 1 amide bonds. The molecule has 1 fully saturated rings. The lowest BCUT2D eigenvalue weighted by atomic mass is 10.2. The van der Waals surface area contributed by atoms with Gasteiger partial charge in [0.1, 0.15) is 10.8 Å². The number of aromatic nitrogens is 4. The van der Waals surface area contributed by atoms with Gasteiger partial charge in [0.25, 0.3) is 5.91 Å². The van der Waals surface area contributed by atoms with Gasteiger partial charge in [0.15, 0.2) is 0 Å². The summed E-state index contributed by atoms with van der Waals surface area (Å²) >= 11 is 1.34. The fourth-order valence-electron chi connectivity index (χ4n) is 2.26. The summed E-state index contributed by atoms with van der Waals surface area (Å²) in [4.78, 5) is 20.8. The Morgan fingerprint density at radius 3 is 2.50 bits per heavy atom.